The molecule has 1 aliphatic heterocycles. The molecule has 1 aromatic carbocycles. The molecule has 0 atom stereocenters. The lowest BCUT2D eigenvalue weighted by Crippen LogP contribution is -2.35. The van der Waals surface area contributed by atoms with Crippen LogP contribution in [0.5, 0.6) is 0 Å². The van der Waals surface area contributed by atoms with Gasteiger partial charge in [0.25, 0.3) is 5.91 Å². The molecule has 2 amide bonds. The van der Waals surface area contributed by atoms with Crippen molar-refractivity contribution >= 4 is 40.9 Å². The van der Waals surface area contributed by atoms with E-state index in [9.17, 15) is 22.8 Å². The highest BCUT2D eigenvalue weighted by Crippen LogP contribution is 2.30. The average Bonchev–Trinajstić information content (AvgIpc) is 3.03. The van der Waals surface area contributed by atoms with Gasteiger partial charge in [0, 0.05) is 48.6 Å². The number of benzene rings is 1. The number of pyridine rings is 2. The SMILES string of the molecule is N=C(c1ccc(C(=O)Nc2cc(C(F)(F)F)ccn2)cc1)c1c(N)ncc(/C=C/CCCCCCC(=O)N2CCCCC2)c1N. The fourth-order valence-electron chi connectivity index (χ4n) is 5.15. The van der Waals surface area contributed by atoms with E-state index in [0.29, 0.717) is 23.2 Å². The standard InChI is InChI=1S/C33H38F3N7O2/c34-33(35,36)25-16-17-40-26(20-25)42-32(45)23-14-12-22(13-15-23)29(37)28-30(38)24(21-41-31(28)39)10-6-3-1-2-4-7-11-27(44)43-18-8-5-9-19-43/h6,10,12-17,20-21,37H,1-5,7-9,11,18-19H2,(H4,38,39,41)(H,40,42,45)/b10-6+,37-29?. The third kappa shape index (κ3) is 9.13. The van der Waals surface area contributed by atoms with E-state index in [1.165, 1.54) is 30.7 Å². The number of carbonyl (C=O) groups excluding carboxylic acids is 2. The maximum Gasteiger partial charge on any atom is 0.416 e. The number of nitrogens with one attached hydrogen (secondary N) is 2. The second kappa shape index (κ2) is 15.3. The molecule has 3 heterocycles. The minimum Gasteiger partial charge on any atom is -0.398 e. The summed E-state index contributed by atoms with van der Waals surface area (Å²) in [7, 11) is 0. The molecule has 3 aromatic rings. The number of carbonyl (C=O) groups is 2. The van der Waals surface area contributed by atoms with E-state index < -0.39 is 17.6 Å². The summed E-state index contributed by atoms with van der Waals surface area (Å²) < 4.78 is 38.9. The summed E-state index contributed by atoms with van der Waals surface area (Å²) in [6.45, 7) is 1.79. The number of likely N-dealkylation sites (tertiary alicyclic amines) is 1. The molecule has 238 valence electrons. The van der Waals surface area contributed by atoms with Crippen LogP contribution in [0.3, 0.4) is 0 Å². The molecule has 1 saturated heterocycles. The van der Waals surface area contributed by atoms with E-state index in [1.54, 1.807) is 6.20 Å². The van der Waals surface area contributed by atoms with Gasteiger partial charge in [0.05, 0.1) is 22.5 Å². The first-order valence-electron chi connectivity index (χ1n) is 15.1. The van der Waals surface area contributed by atoms with Crippen LogP contribution in [0, 0.1) is 5.41 Å². The summed E-state index contributed by atoms with van der Waals surface area (Å²) in [6.07, 6.45) is 10.6. The topological polar surface area (TPSA) is 151 Å². The zero-order valence-corrected chi connectivity index (χ0v) is 25.0. The van der Waals surface area contributed by atoms with Gasteiger partial charge in [0.1, 0.15) is 11.6 Å². The Morgan fingerprint density at radius 2 is 1.64 bits per heavy atom. The van der Waals surface area contributed by atoms with Gasteiger partial charge >= 0.3 is 6.18 Å². The van der Waals surface area contributed by atoms with Gasteiger partial charge in [-0.1, -0.05) is 37.1 Å². The van der Waals surface area contributed by atoms with Crippen LogP contribution >= 0.6 is 0 Å². The number of amides is 2. The maximum atomic E-state index is 13.0. The van der Waals surface area contributed by atoms with Gasteiger partial charge in [-0.3, -0.25) is 15.0 Å². The van der Waals surface area contributed by atoms with E-state index in [1.807, 2.05) is 17.1 Å². The number of piperidine rings is 1. The van der Waals surface area contributed by atoms with Crippen LogP contribution in [0.4, 0.5) is 30.5 Å². The number of alkyl halides is 3. The first-order chi connectivity index (χ1) is 21.5. The predicted molar refractivity (Wildman–Crippen MR) is 170 cm³/mol. The van der Waals surface area contributed by atoms with Crippen molar-refractivity contribution in [2.75, 3.05) is 29.9 Å². The Labute approximate surface area is 260 Å². The molecule has 0 bridgehead atoms. The molecule has 0 saturated carbocycles. The summed E-state index contributed by atoms with van der Waals surface area (Å²) in [5.41, 5.74) is 13.4. The molecule has 4 rings (SSSR count). The summed E-state index contributed by atoms with van der Waals surface area (Å²) in [4.78, 5) is 34.9. The van der Waals surface area contributed by atoms with E-state index >= 15 is 0 Å². The van der Waals surface area contributed by atoms with Crippen molar-refractivity contribution in [2.24, 2.45) is 0 Å². The summed E-state index contributed by atoms with van der Waals surface area (Å²) in [6, 6.07) is 7.51. The first kappa shape index (κ1) is 33.2. The van der Waals surface area contributed by atoms with Crippen molar-refractivity contribution in [1.82, 2.24) is 14.9 Å². The van der Waals surface area contributed by atoms with Crippen LogP contribution in [-0.2, 0) is 11.0 Å². The number of anilines is 3. The molecule has 0 aliphatic carbocycles. The normalized spacial score (nSPS) is 13.6. The Balaban J connectivity index is 1.29. The minimum absolute atomic E-state index is 0.0124. The number of nitrogen functional groups attached to an aromatic ring is 2. The van der Waals surface area contributed by atoms with Crippen molar-refractivity contribution in [1.29, 1.82) is 5.41 Å². The van der Waals surface area contributed by atoms with E-state index in [2.05, 4.69) is 15.3 Å². The van der Waals surface area contributed by atoms with Gasteiger partial charge in [-0.15, -0.1) is 0 Å². The lowest BCUT2D eigenvalue weighted by atomic mass is 9.98. The van der Waals surface area contributed by atoms with Crippen molar-refractivity contribution < 1.29 is 22.8 Å². The number of allylic oxidation sites excluding steroid dienone is 1. The molecule has 1 fully saturated rings. The Kier molecular flexibility index (Phi) is 11.3. The van der Waals surface area contributed by atoms with Crippen molar-refractivity contribution in [3.8, 4) is 0 Å². The monoisotopic (exact) mass is 621 g/mol. The quantitative estimate of drug-likeness (QED) is 0.131. The van der Waals surface area contributed by atoms with Gasteiger partial charge in [-0.25, -0.2) is 9.97 Å². The number of nitrogens with two attached hydrogens (primary N) is 2. The van der Waals surface area contributed by atoms with Gasteiger partial charge in [-0.05, 0) is 62.8 Å². The zero-order chi connectivity index (χ0) is 32.4. The molecule has 9 nitrogen and oxygen atoms in total. The lowest BCUT2D eigenvalue weighted by Gasteiger charge is -2.26. The highest BCUT2D eigenvalue weighted by molar-refractivity contribution is 6.17. The molecule has 0 radical (unpaired) electrons. The number of unbranched alkanes of at least 4 members (excludes halogenated alkanes) is 4. The van der Waals surface area contributed by atoms with Gasteiger partial charge in [-0.2, -0.15) is 13.2 Å². The van der Waals surface area contributed by atoms with Gasteiger partial charge in [0.15, 0.2) is 0 Å². The molecule has 1 aliphatic rings. The van der Waals surface area contributed by atoms with Crippen LogP contribution in [0.25, 0.3) is 6.08 Å². The van der Waals surface area contributed by atoms with Crippen LogP contribution in [0.15, 0.2) is 54.9 Å². The minimum atomic E-state index is -4.56. The summed E-state index contributed by atoms with van der Waals surface area (Å²) in [5.74, 6) is -0.525. The zero-order valence-electron chi connectivity index (χ0n) is 25.0. The number of hydrogen-bond donors (Lipinski definition) is 4. The van der Waals surface area contributed by atoms with Gasteiger partial charge < -0.3 is 21.7 Å². The van der Waals surface area contributed by atoms with E-state index in [4.69, 9.17) is 16.9 Å². The predicted octanol–water partition coefficient (Wildman–Crippen LogP) is 6.69. The third-order valence-corrected chi connectivity index (χ3v) is 7.71. The number of hydrogen-bond acceptors (Lipinski definition) is 7. The molecular weight excluding hydrogens is 583 g/mol. The Morgan fingerprint density at radius 1 is 0.956 bits per heavy atom. The van der Waals surface area contributed by atoms with Crippen LogP contribution in [-0.4, -0.2) is 45.5 Å². The molecule has 0 spiro atoms. The fraction of sp³-hybridized carbons (Fsp3) is 0.364. The van der Waals surface area contributed by atoms with Crippen LogP contribution < -0.4 is 16.8 Å². The van der Waals surface area contributed by atoms with Crippen molar-refractivity contribution in [3.05, 3.63) is 82.7 Å². The molecule has 45 heavy (non-hydrogen) atoms. The number of halogens is 3. The lowest BCUT2D eigenvalue weighted by molar-refractivity contribution is -0.137. The third-order valence-electron chi connectivity index (χ3n) is 7.71. The Hall–Kier alpha value is -4.74. The molecule has 0 unspecified atom stereocenters. The van der Waals surface area contributed by atoms with E-state index in [0.717, 1.165) is 76.4 Å². The molecular formula is C33H38F3N7O2. The van der Waals surface area contributed by atoms with Crippen molar-refractivity contribution in [3.63, 3.8) is 0 Å². The number of aromatic nitrogens is 2. The van der Waals surface area contributed by atoms with E-state index in [-0.39, 0.29) is 34.4 Å². The second-order valence-corrected chi connectivity index (χ2v) is 11.0. The Morgan fingerprint density at radius 3 is 2.36 bits per heavy atom. The average molecular weight is 622 g/mol. The number of rotatable bonds is 12. The first-order valence-corrected chi connectivity index (χ1v) is 15.1. The maximum absolute atomic E-state index is 13.0. The molecule has 2 aromatic heterocycles. The highest BCUT2D eigenvalue weighted by atomic mass is 19.4. The van der Waals surface area contributed by atoms with Crippen LogP contribution in [0.2, 0.25) is 0 Å². The summed E-state index contributed by atoms with van der Waals surface area (Å²) in [5, 5.41) is 11.1. The van der Waals surface area contributed by atoms with Gasteiger partial charge in [0.2, 0.25) is 5.91 Å². The second-order valence-electron chi connectivity index (χ2n) is 11.0. The largest absolute Gasteiger partial charge is 0.416 e. The fourth-order valence-corrected chi connectivity index (χ4v) is 5.15. The van der Waals surface area contributed by atoms with Crippen LogP contribution in [0.1, 0.15) is 90.4 Å². The smallest absolute Gasteiger partial charge is 0.398 e. The Bertz CT molecular complexity index is 1530. The summed E-state index contributed by atoms with van der Waals surface area (Å²) >= 11 is 0. The van der Waals surface area contributed by atoms with Crippen molar-refractivity contribution in [2.45, 2.75) is 64.0 Å². The number of nitrogens with zero attached hydrogens (tertiary/aromatic N) is 3. The highest BCUT2D eigenvalue weighted by Gasteiger charge is 2.31. The molecule has 6 N–H and O–H groups in total. The molecule has 12 heteroatoms.